The van der Waals surface area contributed by atoms with Gasteiger partial charge in [-0.3, -0.25) is 0 Å². The zero-order valence-electron chi connectivity index (χ0n) is 11.2. The molecule has 5 heteroatoms. The van der Waals surface area contributed by atoms with Crippen LogP contribution in [0.2, 0.25) is 0 Å². The molecule has 0 radical (unpaired) electrons. The van der Waals surface area contributed by atoms with Crippen LogP contribution in [0, 0.1) is 24.5 Å². The van der Waals surface area contributed by atoms with E-state index in [0.717, 1.165) is 28.3 Å². The first-order valence-corrected chi connectivity index (χ1v) is 7.44. The second kappa shape index (κ2) is 5.58. The third-order valence-corrected chi connectivity index (χ3v) is 4.28. The van der Waals surface area contributed by atoms with Crippen LogP contribution in [0.25, 0.3) is 10.4 Å². The molecule has 2 aromatic rings. The molecule has 3 rings (SSSR count). The van der Waals surface area contributed by atoms with Gasteiger partial charge in [-0.15, -0.1) is 11.3 Å². The zero-order valence-corrected chi connectivity index (χ0v) is 12.0. The van der Waals surface area contributed by atoms with Crippen molar-refractivity contribution in [2.75, 3.05) is 6.61 Å². The summed E-state index contributed by atoms with van der Waals surface area (Å²) in [6.45, 7) is 3.02. The fraction of sp³-hybridized carbons (Fsp3) is 0.400. The van der Waals surface area contributed by atoms with Crippen molar-refractivity contribution >= 4 is 11.3 Å². The molecule has 1 heterocycles. The highest BCUT2D eigenvalue weighted by molar-refractivity contribution is 7.15. The third kappa shape index (κ3) is 3.22. The monoisotopic (exact) mass is 295 g/mol. The van der Waals surface area contributed by atoms with Crippen LogP contribution < -0.4 is 0 Å². The lowest BCUT2D eigenvalue weighted by molar-refractivity contribution is 0.109. The lowest BCUT2D eigenvalue weighted by Crippen LogP contribution is -1.98. The predicted octanol–water partition coefficient (Wildman–Crippen LogP) is 4.32. The number of aromatic nitrogens is 1. The van der Waals surface area contributed by atoms with Gasteiger partial charge < -0.3 is 4.74 Å². The second-order valence-corrected chi connectivity index (χ2v) is 6.33. The summed E-state index contributed by atoms with van der Waals surface area (Å²) in [5, 5.41) is 0.870. The van der Waals surface area contributed by atoms with Crippen LogP contribution in [0.3, 0.4) is 0 Å². The Bertz CT molecular complexity index is 602. The van der Waals surface area contributed by atoms with Crippen molar-refractivity contribution in [1.82, 2.24) is 4.98 Å². The van der Waals surface area contributed by atoms with Crippen LogP contribution >= 0.6 is 11.3 Å². The highest BCUT2D eigenvalue weighted by Gasteiger charge is 2.22. The van der Waals surface area contributed by atoms with Crippen LogP contribution in [-0.4, -0.2) is 11.6 Å². The van der Waals surface area contributed by atoms with Gasteiger partial charge in [0.1, 0.15) is 11.6 Å². The van der Waals surface area contributed by atoms with Gasteiger partial charge in [-0.2, -0.15) is 0 Å². The average molecular weight is 295 g/mol. The van der Waals surface area contributed by atoms with E-state index < -0.39 is 11.6 Å². The Morgan fingerprint density at radius 2 is 1.95 bits per heavy atom. The Kier molecular flexibility index (Phi) is 3.81. The van der Waals surface area contributed by atoms with Crippen molar-refractivity contribution in [1.29, 1.82) is 0 Å². The molecule has 1 aliphatic rings. The Morgan fingerprint density at radius 3 is 2.60 bits per heavy atom. The number of hydrogen-bond donors (Lipinski definition) is 0. The summed E-state index contributed by atoms with van der Waals surface area (Å²) >= 11 is 1.43. The van der Waals surface area contributed by atoms with E-state index in [2.05, 4.69) is 4.98 Å². The average Bonchev–Trinajstić information content (AvgIpc) is 3.11. The highest BCUT2D eigenvalue weighted by atomic mass is 32.1. The summed E-state index contributed by atoms with van der Waals surface area (Å²) in [6.07, 6.45) is 2.47. The van der Waals surface area contributed by atoms with Gasteiger partial charge in [0.05, 0.1) is 22.2 Å². The molecule has 1 fully saturated rings. The van der Waals surface area contributed by atoms with Crippen LogP contribution in [0.1, 0.15) is 23.5 Å². The summed E-state index contributed by atoms with van der Waals surface area (Å²) in [6, 6.07) is 3.54. The Hall–Kier alpha value is -1.33. The van der Waals surface area contributed by atoms with Gasteiger partial charge in [0.2, 0.25) is 0 Å². The molecule has 0 N–H and O–H groups in total. The zero-order chi connectivity index (χ0) is 14.1. The SMILES string of the molecule is Cc1nc(COCC2CC2)c(-c2cc(F)cc(F)c2)s1. The first-order chi connectivity index (χ1) is 9.61. The maximum atomic E-state index is 13.3. The van der Waals surface area contributed by atoms with E-state index in [4.69, 9.17) is 4.74 Å². The number of halogens is 2. The number of thiazole rings is 1. The minimum Gasteiger partial charge on any atom is -0.375 e. The molecule has 0 unspecified atom stereocenters. The van der Waals surface area contributed by atoms with Gasteiger partial charge in [-0.05, 0) is 43.4 Å². The Labute approximate surface area is 120 Å². The van der Waals surface area contributed by atoms with Gasteiger partial charge in [-0.1, -0.05) is 0 Å². The smallest absolute Gasteiger partial charge is 0.126 e. The number of rotatable bonds is 5. The second-order valence-electron chi connectivity index (χ2n) is 5.13. The van der Waals surface area contributed by atoms with E-state index in [-0.39, 0.29) is 0 Å². The summed E-state index contributed by atoms with van der Waals surface area (Å²) in [5.74, 6) is -0.461. The summed E-state index contributed by atoms with van der Waals surface area (Å²) < 4.78 is 32.3. The molecule has 0 spiro atoms. The molecular weight excluding hydrogens is 280 g/mol. The fourth-order valence-corrected chi connectivity index (χ4v) is 2.99. The van der Waals surface area contributed by atoms with Gasteiger partial charge in [-0.25, -0.2) is 13.8 Å². The summed E-state index contributed by atoms with van der Waals surface area (Å²) in [4.78, 5) is 5.20. The van der Waals surface area contributed by atoms with Crippen molar-refractivity contribution in [2.24, 2.45) is 5.92 Å². The molecule has 0 saturated heterocycles. The maximum absolute atomic E-state index is 13.3. The predicted molar refractivity (Wildman–Crippen MR) is 74.6 cm³/mol. The van der Waals surface area contributed by atoms with Gasteiger partial charge >= 0.3 is 0 Å². The van der Waals surface area contributed by atoms with Crippen LogP contribution in [0.5, 0.6) is 0 Å². The quantitative estimate of drug-likeness (QED) is 0.819. The molecule has 1 aliphatic carbocycles. The van der Waals surface area contributed by atoms with Gasteiger partial charge in [0.15, 0.2) is 0 Å². The van der Waals surface area contributed by atoms with Gasteiger partial charge in [0.25, 0.3) is 0 Å². The van der Waals surface area contributed by atoms with Crippen molar-refractivity contribution in [3.05, 3.63) is 40.5 Å². The largest absolute Gasteiger partial charge is 0.375 e. The molecule has 1 saturated carbocycles. The number of hydrogen-bond acceptors (Lipinski definition) is 3. The highest BCUT2D eigenvalue weighted by Crippen LogP contribution is 2.33. The van der Waals surface area contributed by atoms with Crippen LogP contribution in [0.4, 0.5) is 8.78 Å². The lowest BCUT2D eigenvalue weighted by atomic mass is 10.1. The number of benzene rings is 1. The van der Waals surface area contributed by atoms with E-state index in [1.54, 1.807) is 0 Å². The fourth-order valence-electron chi connectivity index (χ4n) is 2.09. The summed E-state index contributed by atoms with van der Waals surface area (Å²) in [5.41, 5.74) is 1.29. The molecule has 106 valence electrons. The molecule has 1 aromatic heterocycles. The Balaban J connectivity index is 1.83. The van der Waals surface area contributed by atoms with E-state index in [1.807, 2.05) is 6.92 Å². The van der Waals surface area contributed by atoms with Crippen molar-refractivity contribution < 1.29 is 13.5 Å². The normalized spacial score (nSPS) is 14.8. The summed E-state index contributed by atoms with van der Waals surface area (Å²) in [7, 11) is 0. The molecular formula is C15H15F2NOS. The Morgan fingerprint density at radius 1 is 1.25 bits per heavy atom. The minimum atomic E-state index is -0.573. The minimum absolute atomic E-state index is 0.397. The first kappa shape index (κ1) is 13.6. The topological polar surface area (TPSA) is 22.1 Å². The molecule has 0 bridgehead atoms. The molecule has 0 aliphatic heterocycles. The number of aryl methyl sites for hydroxylation is 1. The van der Waals surface area contributed by atoms with Crippen molar-refractivity contribution in [3.8, 4) is 10.4 Å². The molecule has 2 nitrogen and oxygen atoms in total. The van der Waals surface area contributed by atoms with E-state index in [0.29, 0.717) is 18.1 Å². The van der Waals surface area contributed by atoms with Crippen LogP contribution in [-0.2, 0) is 11.3 Å². The molecule has 0 atom stereocenters. The van der Waals surface area contributed by atoms with Crippen molar-refractivity contribution in [3.63, 3.8) is 0 Å². The molecule has 20 heavy (non-hydrogen) atoms. The lowest BCUT2D eigenvalue weighted by Gasteiger charge is -2.04. The van der Waals surface area contributed by atoms with E-state index in [1.165, 1.54) is 36.3 Å². The molecule has 1 aromatic carbocycles. The molecule has 0 amide bonds. The van der Waals surface area contributed by atoms with Crippen molar-refractivity contribution in [2.45, 2.75) is 26.4 Å². The van der Waals surface area contributed by atoms with Gasteiger partial charge in [0, 0.05) is 12.7 Å². The van der Waals surface area contributed by atoms with E-state index >= 15 is 0 Å². The first-order valence-electron chi connectivity index (χ1n) is 6.62. The van der Waals surface area contributed by atoms with E-state index in [9.17, 15) is 8.78 Å². The van der Waals surface area contributed by atoms with Crippen LogP contribution in [0.15, 0.2) is 18.2 Å². The standard InChI is InChI=1S/C15H15F2NOS/c1-9-18-14(8-19-7-10-2-3-10)15(20-9)11-4-12(16)6-13(17)5-11/h4-6,10H,2-3,7-8H2,1H3. The number of nitrogens with zero attached hydrogens (tertiary/aromatic N) is 1. The third-order valence-electron chi connectivity index (χ3n) is 3.22. The number of ether oxygens (including phenoxy) is 1. The maximum Gasteiger partial charge on any atom is 0.126 e.